The van der Waals surface area contributed by atoms with Gasteiger partial charge in [0.2, 0.25) is 5.88 Å². The van der Waals surface area contributed by atoms with Crippen molar-refractivity contribution in [2.24, 2.45) is 0 Å². The van der Waals surface area contributed by atoms with Crippen molar-refractivity contribution in [1.82, 2.24) is 9.88 Å². The maximum atomic E-state index is 14.8. The van der Waals surface area contributed by atoms with Crippen LogP contribution in [0, 0.1) is 5.82 Å². The van der Waals surface area contributed by atoms with Crippen molar-refractivity contribution in [2.75, 3.05) is 18.1 Å². The molecule has 1 aromatic carbocycles. The van der Waals surface area contributed by atoms with E-state index in [-0.39, 0.29) is 17.3 Å². The third-order valence-corrected chi connectivity index (χ3v) is 5.68. The topological polar surface area (TPSA) is 54.9 Å². The average molecular weight is 413 g/mol. The molecule has 0 aliphatic carbocycles. The van der Waals surface area contributed by atoms with Gasteiger partial charge in [-0.25, -0.2) is 9.37 Å². The number of aromatic nitrogens is 1. The summed E-state index contributed by atoms with van der Waals surface area (Å²) >= 11 is 0. The molecule has 1 fully saturated rings. The van der Waals surface area contributed by atoms with Gasteiger partial charge in [0.15, 0.2) is 6.10 Å². The molecule has 30 heavy (non-hydrogen) atoms. The number of amides is 1. The number of halogens is 1. The van der Waals surface area contributed by atoms with Crippen molar-refractivity contribution in [3.8, 4) is 11.6 Å². The smallest absolute Gasteiger partial charge is 0.268 e. The van der Waals surface area contributed by atoms with Crippen LogP contribution in [0.25, 0.3) is 0 Å². The molecule has 1 atom stereocenters. The molecule has 0 N–H and O–H groups in total. The fourth-order valence-electron chi connectivity index (χ4n) is 3.93. The van der Waals surface area contributed by atoms with Gasteiger partial charge in [-0.15, -0.1) is 0 Å². The number of carbonyl (C=O) groups is 1. The molecule has 2 aliphatic rings. The summed E-state index contributed by atoms with van der Waals surface area (Å²) in [4.78, 5) is 21.0. The Morgan fingerprint density at radius 2 is 2.03 bits per heavy atom. The summed E-state index contributed by atoms with van der Waals surface area (Å²) in [6, 6.07) is 6.88. The first-order chi connectivity index (χ1) is 14.3. The van der Waals surface area contributed by atoms with Crippen molar-refractivity contribution >= 4 is 11.6 Å². The summed E-state index contributed by atoms with van der Waals surface area (Å²) in [5.74, 6) is 0.623. The zero-order valence-corrected chi connectivity index (χ0v) is 17.9. The Bertz CT molecular complexity index is 940. The Labute approximate surface area is 176 Å². The van der Waals surface area contributed by atoms with E-state index >= 15 is 0 Å². The Hall–Kier alpha value is -2.67. The van der Waals surface area contributed by atoms with E-state index in [0.717, 1.165) is 11.1 Å². The molecule has 2 aromatic rings. The highest BCUT2D eigenvalue weighted by atomic mass is 19.1. The quantitative estimate of drug-likeness (QED) is 0.744. The van der Waals surface area contributed by atoms with Crippen LogP contribution in [0.5, 0.6) is 11.6 Å². The molecule has 0 spiro atoms. The number of fused-ring (bicyclic) bond motifs is 1. The monoisotopic (exact) mass is 413 g/mol. The van der Waals surface area contributed by atoms with Crippen LogP contribution in [0.15, 0.2) is 30.5 Å². The minimum Gasteiger partial charge on any atom is -0.479 e. The fourth-order valence-corrected chi connectivity index (χ4v) is 3.93. The van der Waals surface area contributed by atoms with E-state index in [4.69, 9.17) is 9.47 Å². The average Bonchev–Trinajstić information content (AvgIpc) is 3.28. The molecular weight excluding hydrogens is 385 g/mol. The minimum atomic E-state index is -0.605. The number of hydrogen-bond acceptors (Lipinski definition) is 5. The molecule has 0 unspecified atom stereocenters. The molecule has 0 saturated carbocycles. The first-order valence-electron chi connectivity index (χ1n) is 10.4. The summed E-state index contributed by atoms with van der Waals surface area (Å²) < 4.78 is 26.0. The highest BCUT2D eigenvalue weighted by molar-refractivity contribution is 5.99. The summed E-state index contributed by atoms with van der Waals surface area (Å²) in [6.07, 6.45) is 1.49. The van der Waals surface area contributed by atoms with E-state index in [0.29, 0.717) is 50.0 Å². The largest absolute Gasteiger partial charge is 0.479 e. The molecule has 1 saturated heterocycles. The van der Waals surface area contributed by atoms with Crippen LogP contribution in [0.2, 0.25) is 0 Å². The van der Waals surface area contributed by atoms with Crippen molar-refractivity contribution in [1.29, 1.82) is 0 Å². The van der Waals surface area contributed by atoms with Crippen LogP contribution in [-0.2, 0) is 17.9 Å². The maximum Gasteiger partial charge on any atom is 0.268 e. The van der Waals surface area contributed by atoms with Gasteiger partial charge < -0.3 is 14.4 Å². The second-order valence-electron chi connectivity index (χ2n) is 8.74. The Balaban J connectivity index is 1.47. The summed E-state index contributed by atoms with van der Waals surface area (Å²) in [5.41, 5.74) is 2.24. The van der Waals surface area contributed by atoms with E-state index in [2.05, 4.69) is 30.7 Å². The van der Waals surface area contributed by atoms with Gasteiger partial charge in [-0.05, 0) is 51.5 Å². The summed E-state index contributed by atoms with van der Waals surface area (Å²) in [7, 11) is 0. The maximum absolute atomic E-state index is 14.8. The van der Waals surface area contributed by atoms with Gasteiger partial charge in [-0.1, -0.05) is 0 Å². The number of nitrogens with zero attached hydrogens (tertiary/aromatic N) is 3. The van der Waals surface area contributed by atoms with Gasteiger partial charge in [0.1, 0.15) is 11.6 Å². The third-order valence-electron chi connectivity index (χ3n) is 5.68. The minimum absolute atomic E-state index is 0.0419. The van der Waals surface area contributed by atoms with Gasteiger partial charge >= 0.3 is 0 Å². The lowest BCUT2D eigenvalue weighted by Crippen LogP contribution is -2.36. The van der Waals surface area contributed by atoms with Crippen molar-refractivity contribution in [3.63, 3.8) is 0 Å². The number of anilines is 1. The van der Waals surface area contributed by atoms with Crippen LogP contribution in [0.4, 0.5) is 10.1 Å². The van der Waals surface area contributed by atoms with Crippen LogP contribution < -0.4 is 14.4 Å². The lowest BCUT2D eigenvalue weighted by molar-refractivity contribution is -0.122. The number of pyridine rings is 1. The van der Waals surface area contributed by atoms with Crippen LogP contribution in [0.3, 0.4) is 0 Å². The van der Waals surface area contributed by atoms with Crippen molar-refractivity contribution in [2.45, 2.75) is 58.8 Å². The lowest BCUT2D eigenvalue weighted by atomic mass is 10.1. The molecule has 160 valence electrons. The van der Waals surface area contributed by atoms with Crippen molar-refractivity contribution in [3.05, 3.63) is 47.4 Å². The van der Waals surface area contributed by atoms with E-state index in [9.17, 15) is 9.18 Å². The molecule has 1 aromatic heterocycles. The molecule has 0 bridgehead atoms. The second-order valence-corrected chi connectivity index (χ2v) is 8.74. The number of ether oxygens (including phenoxy) is 2. The van der Waals surface area contributed by atoms with Gasteiger partial charge in [-0.2, -0.15) is 0 Å². The molecule has 0 radical (unpaired) electrons. The van der Waals surface area contributed by atoms with Crippen LogP contribution >= 0.6 is 0 Å². The zero-order chi connectivity index (χ0) is 21.5. The molecule has 3 heterocycles. The molecular formula is C23H28FN3O3. The van der Waals surface area contributed by atoms with E-state index in [1.54, 1.807) is 23.2 Å². The first-order valence-corrected chi connectivity index (χ1v) is 10.4. The molecule has 2 aliphatic heterocycles. The predicted octanol–water partition coefficient (Wildman–Crippen LogP) is 3.92. The Morgan fingerprint density at radius 1 is 1.23 bits per heavy atom. The number of carbonyl (C=O) groups excluding carboxylic acids is 1. The predicted molar refractivity (Wildman–Crippen MR) is 112 cm³/mol. The lowest BCUT2D eigenvalue weighted by Gasteiger charge is -2.31. The van der Waals surface area contributed by atoms with Gasteiger partial charge in [0, 0.05) is 48.9 Å². The Kier molecular flexibility index (Phi) is 5.40. The van der Waals surface area contributed by atoms with Crippen molar-refractivity contribution < 1.29 is 18.7 Å². The highest BCUT2D eigenvalue weighted by Gasteiger charge is 2.36. The SMILES string of the molecule is CCOc1ccc(O[C@@H]2CCN(c3cc(F)c4c(c3)CN(C(C)(C)C)C4)C2=O)cn1. The third kappa shape index (κ3) is 3.99. The van der Waals surface area contributed by atoms with E-state index < -0.39 is 6.10 Å². The normalized spacial score (nSPS) is 19.3. The molecule has 7 heteroatoms. The first kappa shape index (κ1) is 20.6. The molecule has 6 nitrogen and oxygen atoms in total. The van der Waals surface area contributed by atoms with Gasteiger partial charge in [0.05, 0.1) is 12.8 Å². The standard InChI is InChI=1S/C23H28FN3O3/c1-5-29-21-7-6-17(12-25-21)30-20-8-9-27(22(20)28)16-10-15-13-26(23(2,3)4)14-18(15)19(24)11-16/h6-7,10-12,20H,5,8-9,13-14H2,1-4H3/t20-/m1/s1. The van der Waals surface area contributed by atoms with Gasteiger partial charge in [-0.3, -0.25) is 9.69 Å². The highest BCUT2D eigenvalue weighted by Crippen LogP contribution is 2.35. The fraction of sp³-hybridized carbons (Fsp3) is 0.478. The number of hydrogen-bond donors (Lipinski definition) is 0. The molecule has 1 amide bonds. The summed E-state index contributed by atoms with van der Waals surface area (Å²) in [6.45, 7) is 10.6. The number of rotatable bonds is 5. The zero-order valence-electron chi connectivity index (χ0n) is 17.9. The van der Waals surface area contributed by atoms with Gasteiger partial charge in [0.25, 0.3) is 5.91 Å². The van der Waals surface area contributed by atoms with Crippen LogP contribution in [-0.4, -0.2) is 40.6 Å². The summed E-state index contributed by atoms with van der Waals surface area (Å²) in [5, 5.41) is 0. The number of benzene rings is 1. The molecule has 4 rings (SSSR count). The van der Waals surface area contributed by atoms with E-state index in [1.165, 1.54) is 6.07 Å². The Morgan fingerprint density at radius 3 is 2.70 bits per heavy atom. The van der Waals surface area contributed by atoms with Crippen LogP contribution in [0.1, 0.15) is 45.2 Å². The second kappa shape index (κ2) is 7.87. The van der Waals surface area contributed by atoms with E-state index in [1.807, 2.05) is 13.0 Å².